The predicted molar refractivity (Wildman–Crippen MR) is 260 cm³/mol. The second-order valence-corrected chi connectivity index (χ2v) is 16.0. The Kier molecular flexibility index (Phi) is 46.0. The molecule has 0 bridgehead atoms. The summed E-state index contributed by atoms with van der Waals surface area (Å²) in [7, 11) is 0. The molecule has 0 amide bonds. The molecule has 0 aromatic rings. The third kappa shape index (κ3) is 47.2. The number of carbonyl (C=O) groups excluding carboxylic acids is 3. The van der Waals surface area contributed by atoms with Crippen LogP contribution in [0.1, 0.15) is 213 Å². The van der Waals surface area contributed by atoms with E-state index in [1.807, 2.05) is 12.2 Å². The summed E-state index contributed by atoms with van der Waals surface area (Å²) in [5, 5.41) is 0. The predicted octanol–water partition coefficient (Wildman–Crippen LogP) is 16.2. The van der Waals surface area contributed by atoms with Gasteiger partial charge in [0.15, 0.2) is 6.10 Å². The van der Waals surface area contributed by atoms with Crippen LogP contribution in [0.5, 0.6) is 0 Å². The third-order valence-electron chi connectivity index (χ3n) is 10.2. The van der Waals surface area contributed by atoms with Crippen molar-refractivity contribution >= 4 is 17.9 Å². The van der Waals surface area contributed by atoms with Crippen molar-refractivity contribution in [3.8, 4) is 0 Å². The van der Waals surface area contributed by atoms with Crippen LogP contribution in [0, 0.1) is 0 Å². The van der Waals surface area contributed by atoms with Crippen molar-refractivity contribution in [2.24, 2.45) is 0 Å². The smallest absolute Gasteiger partial charge is 0.306 e. The highest BCUT2D eigenvalue weighted by Crippen LogP contribution is 2.14. The lowest BCUT2D eigenvalue weighted by atomic mass is 10.0. The second kappa shape index (κ2) is 49.0. The van der Waals surface area contributed by atoms with Gasteiger partial charge in [-0.25, -0.2) is 0 Å². The van der Waals surface area contributed by atoms with E-state index in [4.69, 9.17) is 14.2 Å². The van der Waals surface area contributed by atoms with E-state index >= 15 is 0 Å². The molecule has 1 unspecified atom stereocenters. The third-order valence-corrected chi connectivity index (χ3v) is 10.2. The molecule has 0 radical (unpaired) electrons. The summed E-state index contributed by atoms with van der Waals surface area (Å²) >= 11 is 0. The van der Waals surface area contributed by atoms with Gasteiger partial charge < -0.3 is 14.2 Å². The van der Waals surface area contributed by atoms with Gasteiger partial charge in [0.05, 0.1) is 0 Å². The zero-order valence-electron chi connectivity index (χ0n) is 39.4. The Morgan fingerprint density at radius 2 is 0.754 bits per heavy atom. The van der Waals surface area contributed by atoms with Crippen LogP contribution in [0.4, 0.5) is 0 Å². The maximum absolute atomic E-state index is 12.8. The SMILES string of the molecule is CC\C=C/C=C\C=C/CCCCCCCCCC(=O)OC(COC(=O)CC/C=C\C/C=C\C/C=C\C/C=C\C/C=C\CC)COC(=O)CCCCCCCCCCCCCC. The molecule has 61 heavy (non-hydrogen) atoms. The highest BCUT2D eigenvalue weighted by atomic mass is 16.6. The van der Waals surface area contributed by atoms with Gasteiger partial charge in [0.1, 0.15) is 13.2 Å². The first kappa shape index (κ1) is 57.3. The van der Waals surface area contributed by atoms with Gasteiger partial charge >= 0.3 is 17.9 Å². The molecule has 0 saturated carbocycles. The summed E-state index contributed by atoms with van der Waals surface area (Å²) in [5.41, 5.74) is 0. The van der Waals surface area contributed by atoms with Crippen molar-refractivity contribution in [3.63, 3.8) is 0 Å². The van der Waals surface area contributed by atoms with Crippen LogP contribution in [0.2, 0.25) is 0 Å². The van der Waals surface area contributed by atoms with Gasteiger partial charge in [0.2, 0.25) is 0 Å². The van der Waals surface area contributed by atoms with E-state index in [9.17, 15) is 14.4 Å². The minimum absolute atomic E-state index is 0.105. The summed E-state index contributed by atoms with van der Waals surface area (Å²) in [4.78, 5) is 37.9. The molecular weight excluding hydrogens is 757 g/mol. The van der Waals surface area contributed by atoms with Crippen molar-refractivity contribution in [2.75, 3.05) is 13.2 Å². The number of hydrogen-bond donors (Lipinski definition) is 0. The van der Waals surface area contributed by atoms with Crippen molar-refractivity contribution in [2.45, 2.75) is 219 Å². The largest absolute Gasteiger partial charge is 0.462 e. The Morgan fingerprint density at radius 1 is 0.361 bits per heavy atom. The molecule has 0 saturated heterocycles. The molecule has 0 aliphatic carbocycles. The van der Waals surface area contributed by atoms with Gasteiger partial charge in [-0.2, -0.15) is 0 Å². The molecule has 0 N–H and O–H groups in total. The molecule has 6 heteroatoms. The zero-order valence-corrected chi connectivity index (χ0v) is 39.4. The minimum atomic E-state index is -0.812. The number of allylic oxidation sites excluding steroid dienone is 16. The lowest BCUT2D eigenvalue weighted by Gasteiger charge is -2.18. The van der Waals surface area contributed by atoms with Gasteiger partial charge in [0.25, 0.3) is 0 Å². The van der Waals surface area contributed by atoms with Crippen LogP contribution in [-0.4, -0.2) is 37.2 Å². The van der Waals surface area contributed by atoms with E-state index in [-0.39, 0.29) is 37.5 Å². The summed E-state index contributed by atoms with van der Waals surface area (Å²) in [5.74, 6) is -1.01. The lowest BCUT2D eigenvalue weighted by molar-refractivity contribution is -0.166. The van der Waals surface area contributed by atoms with Crippen molar-refractivity contribution in [1.29, 1.82) is 0 Å². The molecule has 6 nitrogen and oxygen atoms in total. The Morgan fingerprint density at radius 3 is 1.25 bits per heavy atom. The van der Waals surface area contributed by atoms with Crippen LogP contribution in [0.15, 0.2) is 97.2 Å². The zero-order chi connectivity index (χ0) is 44.4. The number of ether oxygens (including phenoxy) is 3. The van der Waals surface area contributed by atoms with E-state index < -0.39 is 6.10 Å². The normalized spacial score (nSPS) is 12.9. The Hall–Kier alpha value is -3.67. The van der Waals surface area contributed by atoms with Gasteiger partial charge in [-0.15, -0.1) is 0 Å². The van der Waals surface area contributed by atoms with E-state index in [0.29, 0.717) is 19.3 Å². The fourth-order valence-corrected chi connectivity index (χ4v) is 6.49. The highest BCUT2D eigenvalue weighted by Gasteiger charge is 2.19. The van der Waals surface area contributed by atoms with Gasteiger partial charge in [-0.05, 0) is 70.6 Å². The Bertz CT molecular complexity index is 1250. The van der Waals surface area contributed by atoms with Crippen LogP contribution in [0.25, 0.3) is 0 Å². The maximum Gasteiger partial charge on any atom is 0.306 e. The average Bonchev–Trinajstić information content (AvgIpc) is 3.26. The minimum Gasteiger partial charge on any atom is -0.462 e. The number of hydrogen-bond acceptors (Lipinski definition) is 6. The molecule has 0 aliphatic heterocycles. The molecule has 0 aromatic heterocycles. The number of unbranched alkanes of at least 4 members (excludes halogenated alkanes) is 18. The molecule has 1 atom stereocenters. The van der Waals surface area contributed by atoms with Gasteiger partial charge in [-0.3, -0.25) is 14.4 Å². The van der Waals surface area contributed by atoms with Gasteiger partial charge in [-0.1, -0.05) is 221 Å². The Balaban J connectivity index is 4.52. The highest BCUT2D eigenvalue weighted by molar-refractivity contribution is 5.71. The summed E-state index contributed by atoms with van der Waals surface area (Å²) in [6, 6.07) is 0. The molecule has 0 spiro atoms. The first-order valence-electron chi connectivity index (χ1n) is 24.8. The van der Waals surface area contributed by atoms with Crippen LogP contribution >= 0.6 is 0 Å². The summed E-state index contributed by atoms with van der Waals surface area (Å²) in [6.45, 7) is 6.30. The molecule has 0 rings (SSSR count). The topological polar surface area (TPSA) is 78.9 Å². The van der Waals surface area contributed by atoms with Crippen molar-refractivity contribution in [3.05, 3.63) is 97.2 Å². The average molecular weight is 847 g/mol. The first-order chi connectivity index (χ1) is 30.0. The van der Waals surface area contributed by atoms with Crippen LogP contribution < -0.4 is 0 Å². The standard InChI is InChI=1S/C55H90O6/c1-4-7-10-13-16-19-22-25-27-29-30-33-36-39-42-45-48-54(57)60-51-52(50-59-53(56)47-44-41-38-35-32-24-21-18-15-12-9-6-3)61-55(58)49-46-43-40-37-34-31-28-26-23-20-17-14-11-8-5-2/h7-8,10-11,14,16-17,19-20,23,25,27,30,33,39,42,52H,4-6,9,12-13,15,18,21-22,24,26,28-29,31-32,34-38,40-41,43-51H2,1-3H3/b10-7-,11-8-,17-14-,19-16-,23-20-,27-25-,33-30-,42-39-. The number of rotatable bonds is 43. The van der Waals surface area contributed by atoms with Crippen LogP contribution in [0.3, 0.4) is 0 Å². The number of esters is 3. The molecular formula is C55H90O6. The maximum atomic E-state index is 12.8. The second-order valence-electron chi connectivity index (χ2n) is 16.0. The van der Waals surface area contributed by atoms with E-state index in [1.54, 1.807) is 0 Å². The van der Waals surface area contributed by atoms with Crippen molar-refractivity contribution in [1.82, 2.24) is 0 Å². The van der Waals surface area contributed by atoms with Crippen LogP contribution in [-0.2, 0) is 28.6 Å². The van der Waals surface area contributed by atoms with E-state index in [1.165, 1.54) is 77.0 Å². The van der Waals surface area contributed by atoms with E-state index in [0.717, 1.165) is 89.9 Å². The van der Waals surface area contributed by atoms with Gasteiger partial charge in [0, 0.05) is 19.3 Å². The molecule has 0 aromatic carbocycles. The molecule has 346 valence electrons. The lowest BCUT2D eigenvalue weighted by Crippen LogP contribution is -2.30. The fourth-order valence-electron chi connectivity index (χ4n) is 6.49. The monoisotopic (exact) mass is 847 g/mol. The quantitative estimate of drug-likeness (QED) is 0.0200. The molecule has 0 heterocycles. The summed E-state index contributed by atoms with van der Waals surface area (Å²) < 4.78 is 16.7. The van der Waals surface area contributed by atoms with E-state index in [2.05, 4.69) is 106 Å². The van der Waals surface area contributed by atoms with Crippen molar-refractivity contribution < 1.29 is 28.6 Å². The molecule has 0 fully saturated rings. The fraction of sp³-hybridized carbons (Fsp3) is 0.655. The molecule has 0 aliphatic rings. The number of carbonyl (C=O) groups is 3. The summed E-state index contributed by atoms with van der Waals surface area (Å²) in [6.07, 6.45) is 64.0. The Labute approximate surface area is 375 Å². The first-order valence-corrected chi connectivity index (χ1v) is 24.8.